The van der Waals surface area contributed by atoms with Gasteiger partial charge in [-0.3, -0.25) is 0 Å². The van der Waals surface area contributed by atoms with Crippen LogP contribution in [0.5, 0.6) is 0 Å². The minimum absolute atomic E-state index is 0. The molecule has 120 valence electrons. The fourth-order valence-corrected chi connectivity index (χ4v) is 0.316. The van der Waals surface area contributed by atoms with Crippen molar-refractivity contribution in [3.05, 3.63) is 0 Å². The second-order valence-electron chi connectivity index (χ2n) is 4.34. The maximum atomic E-state index is 8.07. The summed E-state index contributed by atoms with van der Waals surface area (Å²) in [6.07, 6.45) is 3.74. The first kappa shape index (κ1) is 31.9. The second kappa shape index (κ2) is 36.3. The van der Waals surface area contributed by atoms with E-state index in [4.69, 9.17) is 20.4 Å². The Morgan fingerprint density at radius 2 is 0.842 bits per heavy atom. The van der Waals surface area contributed by atoms with Gasteiger partial charge in [0.1, 0.15) is 0 Å². The quantitative estimate of drug-likeness (QED) is 0.621. The van der Waals surface area contributed by atoms with Crippen molar-refractivity contribution in [3.63, 3.8) is 0 Å². The predicted octanol–water partition coefficient (Wildman–Crippen LogP) is 2.33. The van der Waals surface area contributed by atoms with Crippen LogP contribution in [-0.2, 0) is 26.2 Å². The maximum absolute atomic E-state index is 8.07. The third-order valence-electron chi connectivity index (χ3n) is 1.02. The Morgan fingerprint density at radius 3 is 0.842 bits per heavy atom. The van der Waals surface area contributed by atoms with Crippen molar-refractivity contribution in [1.82, 2.24) is 0 Å². The third-order valence-corrected chi connectivity index (χ3v) is 1.02. The van der Waals surface area contributed by atoms with Crippen LogP contribution in [-0.4, -0.2) is 45.8 Å². The molecule has 0 aliphatic carbocycles. The van der Waals surface area contributed by atoms with Crippen LogP contribution in [0.15, 0.2) is 0 Å². The molecule has 0 unspecified atom stereocenters. The number of aliphatic hydroxyl groups excluding tert-OH is 4. The maximum Gasteiger partial charge on any atom is 0.0483 e. The van der Waals surface area contributed by atoms with Crippen molar-refractivity contribution in [2.75, 3.05) is 13.2 Å². The van der Waals surface area contributed by atoms with E-state index in [1.807, 2.05) is 0 Å². The third kappa shape index (κ3) is 235. The molecule has 0 aromatic carbocycles. The average molecular weight is 360 g/mol. The van der Waals surface area contributed by atoms with E-state index >= 15 is 0 Å². The van der Waals surface area contributed by atoms with Crippen LogP contribution in [0, 0.1) is 0 Å². The Bertz CT molecular complexity index is 79.9. The van der Waals surface area contributed by atoms with Gasteiger partial charge in [-0.25, -0.2) is 0 Å². The molecule has 0 aromatic heterocycles. The molecule has 0 atom stereocenters. The smallest absolute Gasteiger partial charge is 0.0483 e. The fourth-order valence-electron chi connectivity index (χ4n) is 0.316. The summed E-state index contributed by atoms with van der Waals surface area (Å²) >= 11 is 0. The largest absolute Gasteiger partial charge is 0.396 e. The van der Waals surface area contributed by atoms with E-state index in [2.05, 4.69) is 13.8 Å². The van der Waals surface area contributed by atoms with Crippen LogP contribution in [0.2, 0.25) is 0 Å². The molecular formula is C14H36O4Zr. The van der Waals surface area contributed by atoms with Crippen LogP contribution < -0.4 is 0 Å². The first-order chi connectivity index (χ1) is 8.29. The molecule has 0 spiro atoms. The summed E-state index contributed by atoms with van der Waals surface area (Å²) in [6, 6.07) is 0. The van der Waals surface area contributed by atoms with E-state index in [0.717, 1.165) is 25.7 Å². The van der Waals surface area contributed by atoms with Crippen LogP contribution in [0.25, 0.3) is 0 Å². The number of hydrogen-bond donors (Lipinski definition) is 4. The molecule has 19 heavy (non-hydrogen) atoms. The molecule has 0 aromatic rings. The Labute approximate surface area is 139 Å². The molecule has 0 aliphatic rings. The van der Waals surface area contributed by atoms with Gasteiger partial charge in [0.25, 0.3) is 0 Å². The molecule has 5 heteroatoms. The summed E-state index contributed by atoms with van der Waals surface area (Å²) in [4.78, 5) is 0. The molecule has 0 amide bonds. The zero-order chi connectivity index (χ0) is 15.4. The zero-order valence-electron chi connectivity index (χ0n) is 13.7. The van der Waals surface area contributed by atoms with Crippen LogP contribution in [0.4, 0.5) is 0 Å². The second-order valence-corrected chi connectivity index (χ2v) is 4.34. The standard InChI is InChI=1S/2C4H10O.2C3H8O.Zr/c2*1-2-3-4-5;2*1-3(2)4;/h2*5H,2-4H2,1H3;2*3-4H,1-2H3;. The SMILES string of the molecule is CC(C)O.CC(C)O.CCCCO.CCCCO.[Zr]. The molecule has 0 bridgehead atoms. The summed E-state index contributed by atoms with van der Waals surface area (Å²) in [5.74, 6) is 0. The Morgan fingerprint density at radius 1 is 0.684 bits per heavy atom. The van der Waals surface area contributed by atoms with Gasteiger partial charge >= 0.3 is 0 Å². The van der Waals surface area contributed by atoms with Crippen LogP contribution in [0.1, 0.15) is 67.2 Å². The minimum Gasteiger partial charge on any atom is -0.396 e. The Hall–Kier alpha value is 0.723. The zero-order valence-corrected chi connectivity index (χ0v) is 16.1. The number of aliphatic hydroxyl groups is 4. The first-order valence-electron chi connectivity index (χ1n) is 6.87. The fraction of sp³-hybridized carbons (Fsp3) is 1.00. The normalized spacial score (nSPS) is 8.21. The van der Waals surface area contributed by atoms with Crippen molar-refractivity contribution in [1.29, 1.82) is 0 Å². The van der Waals surface area contributed by atoms with Gasteiger partial charge in [0.2, 0.25) is 0 Å². The van der Waals surface area contributed by atoms with Crippen molar-refractivity contribution >= 4 is 0 Å². The van der Waals surface area contributed by atoms with Gasteiger partial charge in [-0.05, 0) is 40.5 Å². The van der Waals surface area contributed by atoms with Crippen molar-refractivity contribution in [3.8, 4) is 0 Å². The average Bonchev–Trinajstić information content (AvgIpc) is 2.19. The Balaban J connectivity index is -0.0000000453. The summed E-state index contributed by atoms with van der Waals surface area (Å²) in [5, 5.41) is 32.2. The number of hydrogen-bond acceptors (Lipinski definition) is 4. The van der Waals surface area contributed by atoms with Gasteiger partial charge in [-0.15, -0.1) is 0 Å². The summed E-state index contributed by atoms with van der Waals surface area (Å²) < 4.78 is 0. The van der Waals surface area contributed by atoms with Gasteiger partial charge in [0, 0.05) is 51.6 Å². The Kier molecular flexibility index (Phi) is 61.0. The van der Waals surface area contributed by atoms with Gasteiger partial charge in [0.05, 0.1) is 0 Å². The summed E-state index contributed by atoms with van der Waals surface area (Å²) in [7, 11) is 0. The van der Waals surface area contributed by atoms with Gasteiger partial charge in [0.15, 0.2) is 0 Å². The van der Waals surface area contributed by atoms with E-state index in [9.17, 15) is 0 Å². The van der Waals surface area contributed by atoms with Gasteiger partial charge < -0.3 is 20.4 Å². The summed E-state index contributed by atoms with van der Waals surface area (Å²) in [5.41, 5.74) is 0. The van der Waals surface area contributed by atoms with Gasteiger partial charge in [-0.1, -0.05) is 26.7 Å². The molecular weight excluding hydrogens is 323 g/mol. The minimum atomic E-state index is -0.167. The molecule has 0 heterocycles. The summed E-state index contributed by atoms with van der Waals surface area (Å²) in [6.45, 7) is 11.7. The molecule has 0 aliphatic heterocycles. The van der Waals surface area contributed by atoms with Crippen molar-refractivity contribution in [2.45, 2.75) is 79.4 Å². The number of rotatable bonds is 4. The van der Waals surface area contributed by atoms with E-state index in [1.165, 1.54) is 0 Å². The van der Waals surface area contributed by atoms with E-state index in [-0.39, 0.29) is 38.4 Å². The van der Waals surface area contributed by atoms with Gasteiger partial charge in [-0.2, -0.15) is 0 Å². The van der Waals surface area contributed by atoms with Crippen molar-refractivity contribution in [2.24, 2.45) is 0 Å². The monoisotopic (exact) mass is 358 g/mol. The van der Waals surface area contributed by atoms with Crippen molar-refractivity contribution < 1.29 is 46.6 Å². The predicted molar refractivity (Wildman–Crippen MR) is 78.7 cm³/mol. The van der Waals surface area contributed by atoms with E-state index < -0.39 is 0 Å². The van der Waals surface area contributed by atoms with Crippen LogP contribution in [0.3, 0.4) is 0 Å². The molecule has 0 radical (unpaired) electrons. The molecule has 4 N–H and O–H groups in total. The molecule has 0 rings (SSSR count). The first-order valence-corrected chi connectivity index (χ1v) is 6.87. The molecule has 0 saturated heterocycles. The van der Waals surface area contributed by atoms with E-state index in [1.54, 1.807) is 27.7 Å². The van der Waals surface area contributed by atoms with E-state index in [0.29, 0.717) is 13.2 Å². The van der Waals surface area contributed by atoms with Crippen LogP contribution >= 0.6 is 0 Å². The molecule has 4 nitrogen and oxygen atoms in total. The topological polar surface area (TPSA) is 80.9 Å². The molecule has 0 fully saturated rings. The molecule has 0 saturated carbocycles. The number of unbranched alkanes of at least 4 members (excludes halogenated alkanes) is 2.